The third-order valence-corrected chi connectivity index (χ3v) is 2.92. The molecule has 0 aliphatic rings. The van der Waals surface area contributed by atoms with Gasteiger partial charge < -0.3 is 5.11 Å². The van der Waals surface area contributed by atoms with Crippen molar-refractivity contribution in [2.45, 2.75) is 33.7 Å². The lowest BCUT2D eigenvalue weighted by Gasteiger charge is -2.23. The smallest absolute Gasteiger partial charge is 0.307 e. The molecule has 0 bridgehead atoms. The Morgan fingerprint density at radius 3 is 2.39 bits per heavy atom. The largest absolute Gasteiger partial charge is 0.481 e. The third-order valence-electron chi connectivity index (χ3n) is 2.92. The van der Waals surface area contributed by atoms with E-state index in [1.165, 1.54) is 0 Å². The van der Waals surface area contributed by atoms with Gasteiger partial charge in [0.05, 0.1) is 6.42 Å². The van der Waals surface area contributed by atoms with Gasteiger partial charge in [-0.2, -0.15) is 0 Å². The van der Waals surface area contributed by atoms with Crippen LogP contribution in [-0.2, 0) is 17.8 Å². The van der Waals surface area contributed by atoms with Gasteiger partial charge >= 0.3 is 5.97 Å². The van der Waals surface area contributed by atoms with E-state index >= 15 is 0 Å². The number of benzene rings is 1. The van der Waals surface area contributed by atoms with Crippen LogP contribution >= 0.6 is 0 Å². The van der Waals surface area contributed by atoms with E-state index in [4.69, 9.17) is 5.11 Å². The highest BCUT2D eigenvalue weighted by molar-refractivity contribution is 5.70. The number of hydrogen-bond acceptors (Lipinski definition) is 2. The first-order chi connectivity index (χ1) is 8.52. The number of rotatable bonds is 7. The van der Waals surface area contributed by atoms with Gasteiger partial charge in [0.2, 0.25) is 0 Å². The van der Waals surface area contributed by atoms with Gasteiger partial charge in [-0.1, -0.05) is 45.0 Å². The van der Waals surface area contributed by atoms with Crippen molar-refractivity contribution in [3.63, 3.8) is 0 Å². The van der Waals surface area contributed by atoms with Crippen LogP contribution in [0.1, 0.15) is 31.9 Å². The number of aliphatic carboxylic acids is 1. The third kappa shape index (κ3) is 4.88. The number of nitrogens with zero attached hydrogens (tertiary/aromatic N) is 1. The van der Waals surface area contributed by atoms with E-state index in [2.05, 4.69) is 25.7 Å². The summed E-state index contributed by atoms with van der Waals surface area (Å²) in [4.78, 5) is 13.2. The van der Waals surface area contributed by atoms with Crippen LogP contribution < -0.4 is 0 Å². The molecule has 1 N–H and O–H groups in total. The number of carbonyl (C=O) groups is 1. The molecule has 3 nitrogen and oxygen atoms in total. The van der Waals surface area contributed by atoms with Gasteiger partial charge in [0.15, 0.2) is 0 Å². The molecule has 0 aliphatic heterocycles. The number of carboxylic acid groups (broad SMARTS) is 1. The van der Waals surface area contributed by atoms with Crippen molar-refractivity contribution in [2.75, 3.05) is 13.1 Å². The molecule has 0 fully saturated rings. The van der Waals surface area contributed by atoms with Gasteiger partial charge in [-0.15, -0.1) is 0 Å². The highest BCUT2D eigenvalue weighted by atomic mass is 16.4. The first-order valence-electron chi connectivity index (χ1n) is 6.53. The van der Waals surface area contributed by atoms with E-state index in [0.29, 0.717) is 5.92 Å². The summed E-state index contributed by atoms with van der Waals surface area (Å²) in [6, 6.07) is 7.82. The van der Waals surface area contributed by atoms with Crippen LogP contribution in [0.4, 0.5) is 0 Å². The summed E-state index contributed by atoms with van der Waals surface area (Å²) in [6.45, 7) is 9.40. The van der Waals surface area contributed by atoms with Crippen molar-refractivity contribution in [3.8, 4) is 0 Å². The lowest BCUT2D eigenvalue weighted by Crippen LogP contribution is -2.27. The molecular formula is C15H23NO2. The first kappa shape index (κ1) is 14.7. The van der Waals surface area contributed by atoms with Crippen LogP contribution in [0, 0.1) is 5.92 Å². The Labute approximate surface area is 109 Å². The van der Waals surface area contributed by atoms with Crippen LogP contribution in [0.5, 0.6) is 0 Å². The average molecular weight is 249 g/mol. The van der Waals surface area contributed by atoms with Crippen molar-refractivity contribution in [1.82, 2.24) is 4.90 Å². The van der Waals surface area contributed by atoms with E-state index in [1.807, 2.05) is 24.3 Å². The minimum absolute atomic E-state index is 0.107. The summed E-state index contributed by atoms with van der Waals surface area (Å²) in [5.74, 6) is -0.147. The summed E-state index contributed by atoms with van der Waals surface area (Å²) in [5.41, 5.74) is 2.05. The fourth-order valence-electron chi connectivity index (χ4n) is 2.11. The Balaban J connectivity index is 2.78. The number of hydrogen-bond donors (Lipinski definition) is 1. The maximum Gasteiger partial charge on any atom is 0.307 e. The summed E-state index contributed by atoms with van der Waals surface area (Å²) in [7, 11) is 0. The van der Waals surface area contributed by atoms with Crippen molar-refractivity contribution < 1.29 is 9.90 Å². The molecule has 0 spiro atoms. The van der Waals surface area contributed by atoms with Gasteiger partial charge in [0.25, 0.3) is 0 Å². The molecule has 0 aromatic heterocycles. The molecule has 0 atom stereocenters. The van der Waals surface area contributed by atoms with E-state index in [0.717, 1.165) is 30.8 Å². The molecule has 0 saturated carbocycles. The Bertz CT molecular complexity index is 388. The highest BCUT2D eigenvalue weighted by Gasteiger charge is 2.10. The molecule has 0 aliphatic carbocycles. The quantitative estimate of drug-likeness (QED) is 0.807. The Hall–Kier alpha value is -1.35. The average Bonchev–Trinajstić information content (AvgIpc) is 2.29. The molecule has 1 rings (SSSR count). The Morgan fingerprint density at radius 2 is 1.89 bits per heavy atom. The van der Waals surface area contributed by atoms with E-state index in [1.54, 1.807) is 0 Å². The SMILES string of the molecule is CCN(Cc1ccccc1CC(=O)O)CC(C)C. The van der Waals surface area contributed by atoms with Gasteiger partial charge in [-0.3, -0.25) is 9.69 Å². The van der Waals surface area contributed by atoms with Crippen LogP contribution in [0.15, 0.2) is 24.3 Å². The second-order valence-electron chi connectivity index (χ2n) is 5.06. The van der Waals surface area contributed by atoms with Crippen molar-refractivity contribution >= 4 is 5.97 Å². The summed E-state index contributed by atoms with van der Waals surface area (Å²) < 4.78 is 0. The molecule has 0 amide bonds. The van der Waals surface area contributed by atoms with Crippen LogP contribution in [0.2, 0.25) is 0 Å². The molecule has 0 heterocycles. The molecular weight excluding hydrogens is 226 g/mol. The monoisotopic (exact) mass is 249 g/mol. The van der Waals surface area contributed by atoms with Gasteiger partial charge in [-0.05, 0) is 23.6 Å². The molecule has 3 heteroatoms. The Kier molecular flexibility index (Phi) is 5.86. The maximum absolute atomic E-state index is 10.8. The molecule has 0 radical (unpaired) electrons. The molecule has 1 aromatic rings. The summed E-state index contributed by atoms with van der Waals surface area (Å²) in [6.07, 6.45) is 0.107. The van der Waals surface area contributed by atoms with Gasteiger partial charge in [0, 0.05) is 13.1 Å². The maximum atomic E-state index is 10.8. The zero-order chi connectivity index (χ0) is 13.5. The normalized spacial score (nSPS) is 11.2. The first-order valence-corrected chi connectivity index (χ1v) is 6.53. The fourth-order valence-corrected chi connectivity index (χ4v) is 2.11. The predicted octanol–water partition coefficient (Wildman–Crippen LogP) is 2.79. The van der Waals surface area contributed by atoms with Crippen LogP contribution in [-0.4, -0.2) is 29.1 Å². The fraction of sp³-hybridized carbons (Fsp3) is 0.533. The lowest BCUT2D eigenvalue weighted by molar-refractivity contribution is -0.136. The van der Waals surface area contributed by atoms with Gasteiger partial charge in [0.1, 0.15) is 0 Å². The van der Waals surface area contributed by atoms with E-state index < -0.39 is 5.97 Å². The lowest BCUT2D eigenvalue weighted by atomic mass is 10.0. The molecule has 1 aromatic carbocycles. The van der Waals surface area contributed by atoms with Crippen molar-refractivity contribution in [2.24, 2.45) is 5.92 Å². The second kappa shape index (κ2) is 7.17. The van der Waals surface area contributed by atoms with Crippen molar-refractivity contribution in [3.05, 3.63) is 35.4 Å². The second-order valence-corrected chi connectivity index (χ2v) is 5.06. The zero-order valence-electron chi connectivity index (χ0n) is 11.5. The Morgan fingerprint density at radius 1 is 1.28 bits per heavy atom. The topological polar surface area (TPSA) is 40.5 Å². The molecule has 0 saturated heterocycles. The zero-order valence-corrected chi connectivity index (χ0v) is 11.5. The summed E-state index contributed by atoms with van der Waals surface area (Å²) in [5, 5.41) is 8.91. The van der Waals surface area contributed by atoms with E-state index in [-0.39, 0.29) is 6.42 Å². The standard InChI is InChI=1S/C15H23NO2/c1-4-16(10-12(2)3)11-14-8-6-5-7-13(14)9-15(17)18/h5-8,12H,4,9-11H2,1-3H3,(H,17,18). The predicted molar refractivity (Wildman–Crippen MR) is 73.6 cm³/mol. The number of carboxylic acids is 1. The summed E-state index contributed by atoms with van der Waals surface area (Å²) >= 11 is 0. The minimum Gasteiger partial charge on any atom is -0.481 e. The molecule has 18 heavy (non-hydrogen) atoms. The van der Waals surface area contributed by atoms with Crippen LogP contribution in [0.25, 0.3) is 0 Å². The van der Waals surface area contributed by atoms with E-state index in [9.17, 15) is 4.79 Å². The van der Waals surface area contributed by atoms with Crippen molar-refractivity contribution in [1.29, 1.82) is 0 Å². The molecule has 0 unspecified atom stereocenters. The molecule has 100 valence electrons. The highest BCUT2D eigenvalue weighted by Crippen LogP contribution is 2.13. The minimum atomic E-state index is -0.769. The van der Waals surface area contributed by atoms with Crippen LogP contribution in [0.3, 0.4) is 0 Å². The van der Waals surface area contributed by atoms with Gasteiger partial charge in [-0.25, -0.2) is 0 Å².